The Morgan fingerprint density at radius 2 is 1.02 bits per heavy atom. The first-order valence-electron chi connectivity index (χ1n) is 16.3. The fraction of sp³-hybridized carbons (Fsp3) is 0.550. The zero-order chi connectivity index (χ0) is 33.9. The number of allylic oxidation sites excluding steroid dienone is 16. The number of fused-ring (bicyclic) bond motifs is 2. The Morgan fingerprint density at radius 3 is 1.49 bits per heavy atom. The highest BCUT2D eigenvalue weighted by Gasteiger charge is 2.67. The van der Waals surface area contributed by atoms with Crippen molar-refractivity contribution in [3.8, 4) is 0 Å². The van der Waals surface area contributed by atoms with Gasteiger partial charge in [-0.1, -0.05) is 123 Å². The smallest absolute Gasteiger partial charge is 0.120 e. The minimum Gasteiger partial charge on any atom is -0.393 e. The Morgan fingerprint density at radius 1 is 0.556 bits per heavy atom. The highest BCUT2D eigenvalue weighted by atomic mass is 16.5. The molecule has 2 saturated heterocycles. The molecule has 6 atom stereocenters. The number of rotatable bonds is 10. The second-order valence-corrected chi connectivity index (χ2v) is 15.4. The first-order chi connectivity index (χ1) is 20.7. The van der Waals surface area contributed by atoms with Gasteiger partial charge in [-0.25, -0.2) is 0 Å². The molecule has 2 bridgehead atoms. The zero-order valence-corrected chi connectivity index (χ0v) is 29.3. The molecule has 4 N–H and O–H groups in total. The summed E-state index contributed by atoms with van der Waals surface area (Å²) in [5.41, 5.74) is -0.904. The van der Waals surface area contributed by atoms with Gasteiger partial charge in [0.25, 0.3) is 0 Å². The summed E-state index contributed by atoms with van der Waals surface area (Å²) in [6.45, 7) is 19.7. The number of hydrogen-bond donors (Lipinski definition) is 4. The van der Waals surface area contributed by atoms with Crippen molar-refractivity contribution in [1.82, 2.24) is 0 Å². The van der Waals surface area contributed by atoms with E-state index in [0.29, 0.717) is 12.8 Å². The highest BCUT2D eigenvalue weighted by Crippen LogP contribution is 2.60. The number of aliphatic hydroxyl groups excluding tert-OH is 1. The maximum Gasteiger partial charge on any atom is 0.120 e. The summed E-state index contributed by atoms with van der Waals surface area (Å²) >= 11 is 0. The maximum absolute atomic E-state index is 11.4. The fourth-order valence-corrected chi connectivity index (χ4v) is 7.60. The summed E-state index contributed by atoms with van der Waals surface area (Å²) in [6.07, 6.45) is 29.6. The monoisotopic (exact) mass is 618 g/mol. The van der Waals surface area contributed by atoms with Crippen LogP contribution >= 0.6 is 0 Å². The van der Waals surface area contributed by atoms with Gasteiger partial charge < -0.3 is 25.2 Å². The van der Waals surface area contributed by atoms with Crippen molar-refractivity contribution < 1.29 is 25.2 Å². The Labute approximate surface area is 272 Å². The summed E-state index contributed by atoms with van der Waals surface area (Å²) in [5, 5.41) is 43.6. The first-order valence-corrected chi connectivity index (χ1v) is 16.3. The lowest BCUT2D eigenvalue weighted by Crippen LogP contribution is -2.65. The largest absolute Gasteiger partial charge is 0.393 e. The molecule has 3 rings (SSSR count). The summed E-state index contributed by atoms with van der Waals surface area (Å²) in [4.78, 5) is 0. The van der Waals surface area contributed by atoms with Crippen LogP contribution in [0.2, 0.25) is 0 Å². The maximum atomic E-state index is 11.4. The Bertz CT molecular complexity index is 1320. The van der Waals surface area contributed by atoms with Crippen LogP contribution in [-0.2, 0) is 4.74 Å². The lowest BCUT2D eigenvalue weighted by molar-refractivity contribution is -0.216. The molecule has 0 radical (unpaired) electrons. The van der Waals surface area contributed by atoms with Crippen LogP contribution in [0, 0.1) is 10.8 Å². The van der Waals surface area contributed by atoms with Gasteiger partial charge in [0.1, 0.15) is 11.2 Å². The van der Waals surface area contributed by atoms with Gasteiger partial charge in [-0.2, -0.15) is 0 Å². The van der Waals surface area contributed by atoms with Crippen LogP contribution in [0.15, 0.2) is 107 Å². The Kier molecular flexibility index (Phi) is 11.2. The highest BCUT2D eigenvalue weighted by molar-refractivity contribution is 5.35. The number of ether oxygens (including phenoxy) is 1. The van der Waals surface area contributed by atoms with Crippen LogP contribution in [0.5, 0.6) is 0 Å². The van der Waals surface area contributed by atoms with Crippen molar-refractivity contribution in [2.24, 2.45) is 10.8 Å². The molecular weight excluding hydrogens is 560 g/mol. The second-order valence-electron chi connectivity index (χ2n) is 15.4. The molecule has 3 aliphatic rings. The van der Waals surface area contributed by atoms with E-state index in [0.717, 1.165) is 28.7 Å². The Balaban J connectivity index is 1.54. The SMILES string of the molecule is CC(/C=C/C=C(C)/C=C/[C@]12O[C@H](CC1(C)C)C[C@@]2(C)O)=C\C=C\C=C(C)\C=C\C=C(C)\C=C\[C@]1(O)C(C)(C)C[C@@H](O)C[C@]1(C)O. The molecule has 5 nitrogen and oxygen atoms in total. The van der Waals surface area contributed by atoms with Crippen molar-refractivity contribution in [2.75, 3.05) is 0 Å². The standard InChI is InChI=1S/C40H58O5/c1-29(17-13-19-31(3)21-23-39(44)35(5,6)25-33(41)26-37(39,9)42)15-11-12-16-30(2)18-14-20-32(4)22-24-40-36(7,8)27-34(45-40)28-38(40,10)43/h11-24,33-34,41-44H,25-28H2,1-10H3/b12-11+,17-13+,18-14+,23-21+,24-22+,29-15+,30-16+,31-19+,32-20+/t33-,34-,37+,38-,39+,40+/m1/s1. The molecule has 2 heterocycles. The quantitative estimate of drug-likeness (QED) is 0.187. The van der Waals surface area contributed by atoms with Crippen molar-refractivity contribution in [3.63, 3.8) is 0 Å². The van der Waals surface area contributed by atoms with Crippen LogP contribution < -0.4 is 0 Å². The van der Waals surface area contributed by atoms with E-state index in [1.165, 1.54) is 0 Å². The van der Waals surface area contributed by atoms with Crippen LogP contribution in [0.25, 0.3) is 0 Å². The van der Waals surface area contributed by atoms with Gasteiger partial charge in [-0.05, 0) is 66.5 Å². The molecule has 0 aromatic heterocycles. The number of hydrogen-bond acceptors (Lipinski definition) is 5. The molecule has 1 aliphatic carbocycles. The molecule has 5 heteroatoms. The van der Waals surface area contributed by atoms with Crippen molar-refractivity contribution in [1.29, 1.82) is 0 Å². The molecule has 0 spiro atoms. The molecule has 0 amide bonds. The van der Waals surface area contributed by atoms with Gasteiger partial charge in [0.2, 0.25) is 0 Å². The molecule has 248 valence electrons. The molecule has 1 saturated carbocycles. The van der Waals surface area contributed by atoms with E-state index >= 15 is 0 Å². The summed E-state index contributed by atoms with van der Waals surface area (Å²) in [7, 11) is 0. The minimum atomic E-state index is -1.45. The lowest BCUT2D eigenvalue weighted by Gasteiger charge is -2.54. The van der Waals surface area contributed by atoms with Gasteiger partial charge in [-0.3, -0.25) is 0 Å². The van der Waals surface area contributed by atoms with E-state index in [9.17, 15) is 20.4 Å². The molecule has 3 fully saturated rings. The number of aliphatic hydroxyl groups is 4. The van der Waals surface area contributed by atoms with E-state index < -0.39 is 33.9 Å². The minimum absolute atomic E-state index is 0.111. The lowest BCUT2D eigenvalue weighted by atomic mass is 9.57. The van der Waals surface area contributed by atoms with Crippen LogP contribution in [0.1, 0.15) is 94.9 Å². The molecule has 0 unspecified atom stereocenters. The molecule has 0 aromatic carbocycles. The van der Waals surface area contributed by atoms with Crippen molar-refractivity contribution >= 4 is 0 Å². The van der Waals surface area contributed by atoms with Gasteiger partial charge in [-0.15, -0.1) is 0 Å². The third-order valence-corrected chi connectivity index (χ3v) is 10.2. The zero-order valence-electron chi connectivity index (χ0n) is 29.3. The second kappa shape index (κ2) is 13.7. The topological polar surface area (TPSA) is 90.2 Å². The average molecular weight is 619 g/mol. The van der Waals surface area contributed by atoms with E-state index in [4.69, 9.17) is 4.74 Å². The van der Waals surface area contributed by atoms with Crippen molar-refractivity contribution in [3.05, 3.63) is 107 Å². The first kappa shape index (κ1) is 36.9. The van der Waals surface area contributed by atoms with Gasteiger partial charge >= 0.3 is 0 Å². The summed E-state index contributed by atoms with van der Waals surface area (Å²) in [6, 6.07) is 0. The van der Waals surface area contributed by atoms with Gasteiger partial charge in [0, 0.05) is 23.7 Å². The summed E-state index contributed by atoms with van der Waals surface area (Å²) in [5.74, 6) is 0. The normalized spacial score (nSPS) is 37.9. The molecule has 2 aliphatic heterocycles. The van der Waals surface area contributed by atoms with E-state index in [2.05, 4.69) is 58.1 Å². The predicted molar refractivity (Wildman–Crippen MR) is 187 cm³/mol. The fourth-order valence-electron chi connectivity index (χ4n) is 7.60. The molecule has 0 aromatic rings. The van der Waals surface area contributed by atoms with Crippen LogP contribution in [0.3, 0.4) is 0 Å². The van der Waals surface area contributed by atoms with Crippen molar-refractivity contribution in [2.45, 2.75) is 130 Å². The van der Waals surface area contributed by atoms with E-state index in [1.54, 1.807) is 13.0 Å². The van der Waals surface area contributed by atoms with E-state index in [1.807, 2.05) is 83.2 Å². The Hall–Kier alpha value is -2.54. The molecular formula is C40H58O5. The van der Waals surface area contributed by atoms with Gasteiger partial charge in [0.05, 0.1) is 23.4 Å². The molecule has 45 heavy (non-hydrogen) atoms. The predicted octanol–water partition coefficient (Wildman–Crippen LogP) is 7.92. The average Bonchev–Trinajstić information content (AvgIpc) is 3.31. The van der Waals surface area contributed by atoms with Crippen LogP contribution in [0.4, 0.5) is 0 Å². The summed E-state index contributed by atoms with van der Waals surface area (Å²) < 4.78 is 6.30. The third kappa shape index (κ3) is 8.07. The van der Waals surface area contributed by atoms with Gasteiger partial charge in [0.15, 0.2) is 0 Å². The van der Waals surface area contributed by atoms with E-state index in [-0.39, 0.29) is 17.9 Å². The third-order valence-electron chi connectivity index (χ3n) is 10.2. The van der Waals surface area contributed by atoms with Crippen LogP contribution in [-0.4, -0.2) is 55.0 Å².